The van der Waals surface area contributed by atoms with Gasteiger partial charge in [-0.05, 0) is 61.7 Å². The first kappa shape index (κ1) is 22.2. The van der Waals surface area contributed by atoms with Crippen molar-refractivity contribution in [2.24, 2.45) is 0 Å². The Balaban J connectivity index is 1.41. The van der Waals surface area contributed by atoms with Crippen LogP contribution in [0.25, 0.3) is 5.69 Å². The van der Waals surface area contributed by atoms with Gasteiger partial charge in [0.25, 0.3) is 5.91 Å². The van der Waals surface area contributed by atoms with Crippen LogP contribution >= 0.6 is 0 Å². The van der Waals surface area contributed by atoms with Crippen molar-refractivity contribution in [1.82, 2.24) is 24.4 Å². The summed E-state index contributed by atoms with van der Waals surface area (Å²) in [7, 11) is -3.53. The lowest BCUT2D eigenvalue weighted by molar-refractivity contribution is 0.0939. The second kappa shape index (κ2) is 9.62. The number of sulfonamides is 1. The van der Waals surface area contributed by atoms with Crippen molar-refractivity contribution >= 4 is 15.9 Å². The first-order valence-corrected chi connectivity index (χ1v) is 12.3. The summed E-state index contributed by atoms with van der Waals surface area (Å²) >= 11 is 0. The summed E-state index contributed by atoms with van der Waals surface area (Å²) < 4.78 is 29.0. The predicted octanol–water partition coefficient (Wildman–Crippen LogP) is 3.32. The number of carbonyl (C=O) groups excluding carboxylic acids is 1. The van der Waals surface area contributed by atoms with E-state index < -0.39 is 10.0 Å². The van der Waals surface area contributed by atoms with Crippen molar-refractivity contribution in [3.05, 3.63) is 72.3 Å². The zero-order valence-corrected chi connectivity index (χ0v) is 18.8. The number of nitrogens with one attached hydrogen (secondary N) is 1. The molecule has 8 nitrogen and oxygen atoms in total. The molecule has 0 spiro atoms. The lowest BCUT2D eigenvalue weighted by atomic mass is 10.1. The molecule has 1 atom stereocenters. The fraction of sp³-hybridized carbons (Fsp3) is 0.348. The number of hydrogen-bond acceptors (Lipinski definition) is 5. The van der Waals surface area contributed by atoms with E-state index >= 15 is 0 Å². The Morgan fingerprint density at radius 3 is 2.22 bits per heavy atom. The molecular weight excluding hydrogens is 426 g/mol. The summed E-state index contributed by atoms with van der Waals surface area (Å²) in [6, 6.07) is 13.6. The van der Waals surface area contributed by atoms with Crippen LogP contribution in [0.3, 0.4) is 0 Å². The largest absolute Gasteiger partial charge is 0.346 e. The van der Waals surface area contributed by atoms with E-state index in [2.05, 4.69) is 15.4 Å². The minimum atomic E-state index is -3.53. The van der Waals surface area contributed by atoms with E-state index in [-0.39, 0.29) is 16.8 Å². The average Bonchev–Trinajstić information content (AvgIpc) is 3.20. The predicted molar refractivity (Wildman–Crippen MR) is 121 cm³/mol. The third-order valence-corrected chi connectivity index (χ3v) is 7.66. The highest BCUT2D eigenvalue weighted by molar-refractivity contribution is 7.89. The molecule has 1 saturated heterocycles. The molecule has 1 aliphatic heterocycles. The first-order chi connectivity index (χ1) is 15.4. The van der Waals surface area contributed by atoms with Crippen LogP contribution in [0.15, 0.2) is 66.1 Å². The Kier molecular flexibility index (Phi) is 6.66. The number of hydrogen-bond donors (Lipinski definition) is 1. The zero-order valence-electron chi connectivity index (χ0n) is 18.0. The van der Waals surface area contributed by atoms with Crippen molar-refractivity contribution in [1.29, 1.82) is 0 Å². The van der Waals surface area contributed by atoms with Crippen molar-refractivity contribution in [3.8, 4) is 5.69 Å². The van der Waals surface area contributed by atoms with Crippen LogP contribution in [0, 0.1) is 0 Å². The number of nitrogens with zero attached hydrogens (tertiary/aromatic N) is 4. The fourth-order valence-corrected chi connectivity index (χ4v) is 5.35. The highest BCUT2D eigenvalue weighted by Crippen LogP contribution is 2.21. The number of aromatic nitrogens is 3. The Bertz CT molecular complexity index is 1140. The van der Waals surface area contributed by atoms with E-state index in [0.29, 0.717) is 18.7 Å². The van der Waals surface area contributed by atoms with Gasteiger partial charge in [-0.25, -0.2) is 18.1 Å². The maximum Gasteiger partial charge on any atom is 0.251 e. The topological polar surface area (TPSA) is 97.2 Å². The van der Waals surface area contributed by atoms with Gasteiger partial charge in [0, 0.05) is 18.7 Å². The smallest absolute Gasteiger partial charge is 0.251 e. The van der Waals surface area contributed by atoms with Crippen molar-refractivity contribution in [2.75, 3.05) is 13.1 Å². The number of rotatable bonds is 6. The second-order valence-corrected chi connectivity index (χ2v) is 9.91. The lowest BCUT2D eigenvalue weighted by Crippen LogP contribution is -2.32. The van der Waals surface area contributed by atoms with E-state index in [4.69, 9.17) is 0 Å². The van der Waals surface area contributed by atoms with Crippen molar-refractivity contribution in [3.63, 3.8) is 0 Å². The molecule has 1 fully saturated rings. The highest BCUT2D eigenvalue weighted by Gasteiger charge is 2.25. The Labute approximate surface area is 188 Å². The standard InChI is InChI=1S/C23H27N5O3S/c1-18(19-6-10-21(11-7-19)28-17-24-16-25-28)26-23(29)20-8-12-22(13-9-20)32(30,31)27-14-4-2-3-5-15-27/h6-13,16-18H,2-5,14-15H2,1H3,(H,26,29)/t18-/m1/s1. The summed E-state index contributed by atoms with van der Waals surface area (Å²) in [6.07, 6.45) is 6.99. The van der Waals surface area contributed by atoms with Crippen LogP contribution in [0.2, 0.25) is 0 Å². The molecule has 1 amide bonds. The van der Waals surface area contributed by atoms with Gasteiger partial charge in [-0.2, -0.15) is 9.40 Å². The fourth-order valence-electron chi connectivity index (χ4n) is 3.83. The van der Waals surface area contributed by atoms with E-state index in [1.807, 2.05) is 31.2 Å². The number of carbonyl (C=O) groups is 1. The molecule has 1 N–H and O–H groups in total. The van der Waals surface area contributed by atoms with Gasteiger partial charge in [-0.15, -0.1) is 0 Å². The maximum atomic E-state index is 12.9. The normalized spacial score (nSPS) is 16.3. The van der Waals surface area contributed by atoms with Crippen LogP contribution in [0.5, 0.6) is 0 Å². The number of benzene rings is 2. The Morgan fingerprint density at radius 2 is 1.62 bits per heavy atom. The van der Waals surface area contributed by atoms with Gasteiger partial charge in [-0.3, -0.25) is 4.79 Å². The molecule has 168 valence electrons. The Morgan fingerprint density at radius 1 is 0.969 bits per heavy atom. The van der Waals surface area contributed by atoms with E-state index in [1.54, 1.807) is 27.4 Å². The summed E-state index contributed by atoms with van der Waals surface area (Å²) in [4.78, 5) is 16.9. The van der Waals surface area contributed by atoms with Crippen LogP contribution in [-0.4, -0.2) is 46.5 Å². The summed E-state index contributed by atoms with van der Waals surface area (Å²) in [5.41, 5.74) is 2.25. The summed E-state index contributed by atoms with van der Waals surface area (Å²) in [5.74, 6) is -0.253. The van der Waals surface area contributed by atoms with Crippen LogP contribution in [-0.2, 0) is 10.0 Å². The van der Waals surface area contributed by atoms with Gasteiger partial charge in [0.2, 0.25) is 10.0 Å². The second-order valence-electron chi connectivity index (χ2n) is 7.97. The molecule has 32 heavy (non-hydrogen) atoms. The molecule has 4 rings (SSSR count). The van der Waals surface area contributed by atoms with Crippen LogP contribution < -0.4 is 5.32 Å². The quantitative estimate of drug-likeness (QED) is 0.618. The van der Waals surface area contributed by atoms with E-state index in [9.17, 15) is 13.2 Å². The summed E-state index contributed by atoms with van der Waals surface area (Å²) in [6.45, 7) is 3.01. The molecule has 9 heteroatoms. The minimum Gasteiger partial charge on any atom is -0.346 e. The molecule has 0 aliphatic carbocycles. The molecule has 0 unspecified atom stereocenters. The molecule has 3 aromatic rings. The third-order valence-electron chi connectivity index (χ3n) is 5.74. The zero-order chi connectivity index (χ0) is 22.6. The van der Waals surface area contributed by atoms with Crippen LogP contribution in [0.1, 0.15) is 54.6 Å². The van der Waals surface area contributed by atoms with Gasteiger partial charge < -0.3 is 5.32 Å². The molecule has 2 aromatic carbocycles. The first-order valence-electron chi connectivity index (χ1n) is 10.8. The highest BCUT2D eigenvalue weighted by atomic mass is 32.2. The average molecular weight is 454 g/mol. The van der Waals surface area contributed by atoms with Gasteiger partial charge in [0.1, 0.15) is 12.7 Å². The van der Waals surface area contributed by atoms with Crippen molar-refractivity contribution in [2.45, 2.75) is 43.5 Å². The molecule has 1 aliphatic rings. The van der Waals surface area contributed by atoms with Gasteiger partial charge in [-0.1, -0.05) is 25.0 Å². The maximum absolute atomic E-state index is 12.9. The van der Waals surface area contributed by atoms with Gasteiger partial charge in [0.05, 0.1) is 16.6 Å². The summed E-state index contributed by atoms with van der Waals surface area (Å²) in [5, 5.41) is 7.06. The van der Waals surface area contributed by atoms with Gasteiger partial charge >= 0.3 is 0 Å². The van der Waals surface area contributed by atoms with Crippen LogP contribution in [0.4, 0.5) is 0 Å². The lowest BCUT2D eigenvalue weighted by Gasteiger charge is -2.20. The molecule has 1 aromatic heterocycles. The molecular formula is C23H27N5O3S. The Hall–Kier alpha value is -3.04. The minimum absolute atomic E-state index is 0.215. The number of amides is 1. The van der Waals surface area contributed by atoms with E-state index in [1.165, 1.54) is 18.5 Å². The van der Waals surface area contributed by atoms with Crippen molar-refractivity contribution < 1.29 is 13.2 Å². The monoisotopic (exact) mass is 453 g/mol. The van der Waals surface area contributed by atoms with Gasteiger partial charge in [0.15, 0.2) is 0 Å². The molecule has 0 bridgehead atoms. The molecule has 2 heterocycles. The van der Waals surface area contributed by atoms with E-state index in [0.717, 1.165) is 36.9 Å². The third kappa shape index (κ3) is 4.89. The molecule has 0 saturated carbocycles. The molecule has 0 radical (unpaired) electrons. The SMILES string of the molecule is C[C@@H](NC(=O)c1ccc(S(=O)(=O)N2CCCCCC2)cc1)c1ccc(-n2cncn2)cc1.